The van der Waals surface area contributed by atoms with Crippen LogP contribution in [0.25, 0.3) is 82.8 Å². The molecule has 0 N–H and O–H groups in total. The van der Waals surface area contributed by atoms with Crippen LogP contribution in [0.4, 0.5) is 0 Å². The summed E-state index contributed by atoms with van der Waals surface area (Å²) in [4.78, 5) is 0. The molecule has 0 saturated heterocycles. The number of hydrogen-bond acceptors (Lipinski definition) is 0. The fourth-order valence-electron chi connectivity index (χ4n) is 7.90. The molecule has 2 heterocycles. The number of aromatic nitrogens is 2. The third-order valence-corrected chi connectivity index (χ3v) is 10.3. The van der Waals surface area contributed by atoms with Gasteiger partial charge in [0, 0.05) is 32.9 Å². The van der Waals surface area contributed by atoms with E-state index < -0.39 is 0 Å². The summed E-state index contributed by atoms with van der Waals surface area (Å²) in [5, 5.41) is 5.01. The van der Waals surface area contributed by atoms with Gasteiger partial charge < -0.3 is 9.13 Å². The molecule has 0 amide bonds. The summed E-state index contributed by atoms with van der Waals surface area (Å²) < 4.78 is 4.81. The summed E-state index contributed by atoms with van der Waals surface area (Å²) in [5.41, 5.74) is 14.5. The maximum atomic E-state index is 2.41. The molecule has 2 heteroatoms. The van der Waals surface area contributed by atoms with Crippen LogP contribution >= 0.6 is 0 Å². The lowest BCUT2D eigenvalue weighted by atomic mass is 9.99. The minimum Gasteiger partial charge on any atom is -0.309 e. The molecule has 0 aliphatic heterocycles. The van der Waals surface area contributed by atoms with E-state index in [1.807, 2.05) is 0 Å². The number of hydrogen-bond donors (Lipinski definition) is 0. The van der Waals surface area contributed by atoms with Gasteiger partial charge in [0.15, 0.2) is 0 Å². The summed E-state index contributed by atoms with van der Waals surface area (Å²) in [6.07, 6.45) is 12.0. The zero-order chi connectivity index (χ0) is 33.7. The van der Waals surface area contributed by atoms with Gasteiger partial charge in [-0.3, -0.25) is 0 Å². The first-order chi connectivity index (χ1) is 25.3. The second-order valence-corrected chi connectivity index (χ2v) is 13.3. The lowest BCUT2D eigenvalue weighted by Gasteiger charge is -2.11. The highest BCUT2D eigenvalue weighted by molar-refractivity contribution is 6.13. The Hall–Kier alpha value is -6.64. The van der Waals surface area contributed by atoms with Gasteiger partial charge in [-0.25, -0.2) is 0 Å². The van der Waals surface area contributed by atoms with Gasteiger partial charge in [0.2, 0.25) is 0 Å². The van der Waals surface area contributed by atoms with Crippen molar-refractivity contribution in [3.8, 4) is 33.6 Å². The van der Waals surface area contributed by atoms with Gasteiger partial charge in [-0.05, 0) is 107 Å². The molecule has 2 nitrogen and oxygen atoms in total. The van der Waals surface area contributed by atoms with Gasteiger partial charge in [-0.1, -0.05) is 127 Å². The quantitative estimate of drug-likeness (QED) is 0.175. The maximum Gasteiger partial charge on any atom is 0.0541 e. The zero-order valence-electron chi connectivity index (χ0n) is 28.1. The highest BCUT2D eigenvalue weighted by Crippen LogP contribution is 2.39. The van der Waals surface area contributed by atoms with Crippen LogP contribution in [-0.4, -0.2) is 9.13 Å². The number of rotatable bonds is 5. The van der Waals surface area contributed by atoms with Crippen LogP contribution in [-0.2, 0) is 0 Å². The fraction of sp³-hybridized carbons (Fsp3) is 0.0204. The van der Waals surface area contributed by atoms with Crippen molar-refractivity contribution in [2.45, 2.75) is 6.42 Å². The van der Waals surface area contributed by atoms with E-state index in [-0.39, 0.29) is 0 Å². The number of benzene rings is 7. The topological polar surface area (TPSA) is 9.86 Å². The van der Waals surface area contributed by atoms with E-state index in [1.165, 1.54) is 82.7 Å². The molecular formula is C49H34N2. The van der Waals surface area contributed by atoms with Crippen LogP contribution in [0.1, 0.15) is 12.0 Å². The minimum absolute atomic E-state index is 0.960. The normalized spacial score (nSPS) is 13.0. The van der Waals surface area contributed by atoms with E-state index in [0.717, 1.165) is 12.1 Å². The van der Waals surface area contributed by atoms with E-state index in [4.69, 9.17) is 0 Å². The Kier molecular flexibility index (Phi) is 6.92. The van der Waals surface area contributed by atoms with Crippen LogP contribution in [0, 0.1) is 0 Å². The first-order valence-electron chi connectivity index (χ1n) is 17.7. The van der Waals surface area contributed by atoms with E-state index in [9.17, 15) is 0 Å². The molecule has 51 heavy (non-hydrogen) atoms. The predicted octanol–water partition coefficient (Wildman–Crippen LogP) is 13.1. The maximum absolute atomic E-state index is 2.41. The molecule has 0 fully saturated rings. The first-order valence-corrected chi connectivity index (χ1v) is 17.7. The Morgan fingerprint density at radius 3 is 1.63 bits per heavy atom. The van der Waals surface area contributed by atoms with Gasteiger partial charge in [-0.15, -0.1) is 0 Å². The van der Waals surface area contributed by atoms with Crippen molar-refractivity contribution in [2.75, 3.05) is 0 Å². The fourth-order valence-corrected chi connectivity index (χ4v) is 7.90. The third-order valence-electron chi connectivity index (χ3n) is 10.3. The van der Waals surface area contributed by atoms with Gasteiger partial charge in [0.05, 0.1) is 22.1 Å². The highest BCUT2D eigenvalue weighted by atomic mass is 15.0. The van der Waals surface area contributed by atoms with Gasteiger partial charge in [-0.2, -0.15) is 0 Å². The lowest BCUT2D eigenvalue weighted by molar-refractivity contribution is 1.18. The van der Waals surface area contributed by atoms with Crippen LogP contribution < -0.4 is 0 Å². The molecule has 1 aliphatic rings. The zero-order valence-corrected chi connectivity index (χ0v) is 28.1. The second-order valence-electron chi connectivity index (χ2n) is 13.3. The van der Waals surface area contributed by atoms with Crippen LogP contribution in [0.2, 0.25) is 0 Å². The molecule has 0 bridgehead atoms. The SMILES string of the molecule is C1=CCC=CC(c2ccc3c(c2)c2cc(-c4ccc5c(c4)c4ccccc4n5-c4cccc(-c5ccccc5)c4)ccc2n3-c2ccccc2)=C1. The molecule has 0 saturated carbocycles. The smallest absolute Gasteiger partial charge is 0.0541 e. The number of para-hydroxylation sites is 2. The predicted molar refractivity (Wildman–Crippen MR) is 217 cm³/mol. The molecule has 2 aromatic heterocycles. The van der Waals surface area contributed by atoms with Crippen LogP contribution in [0.3, 0.4) is 0 Å². The Balaban J connectivity index is 1.16. The molecule has 0 atom stereocenters. The van der Waals surface area contributed by atoms with Gasteiger partial charge in [0.25, 0.3) is 0 Å². The second kappa shape index (κ2) is 12.0. The van der Waals surface area contributed by atoms with Crippen molar-refractivity contribution in [2.24, 2.45) is 0 Å². The molecule has 0 spiro atoms. The summed E-state index contributed by atoms with van der Waals surface area (Å²) in [6, 6.07) is 59.8. The standard InChI is InChI=1S/C49H34N2/c1-2-6-15-35(14-5-1)37-24-27-48-44(31-37)45-33-39(26-29-49(45)50(48)40-19-9-4-10-20-40)38-25-28-47-43(32-38)42-22-11-12-23-46(42)51(47)41-21-13-18-36(30-41)34-16-7-3-8-17-34/h1,3-33H,2H2. The van der Waals surface area contributed by atoms with Crippen molar-refractivity contribution >= 4 is 49.2 Å². The summed E-state index contributed by atoms with van der Waals surface area (Å²) in [7, 11) is 0. The Morgan fingerprint density at radius 2 is 0.882 bits per heavy atom. The highest BCUT2D eigenvalue weighted by Gasteiger charge is 2.17. The van der Waals surface area contributed by atoms with Crippen molar-refractivity contribution in [3.05, 3.63) is 200 Å². The average molecular weight is 651 g/mol. The van der Waals surface area contributed by atoms with Gasteiger partial charge in [0.1, 0.15) is 0 Å². The molecule has 0 unspecified atom stereocenters. The van der Waals surface area contributed by atoms with Gasteiger partial charge >= 0.3 is 0 Å². The summed E-state index contributed by atoms with van der Waals surface area (Å²) in [6.45, 7) is 0. The van der Waals surface area contributed by atoms with Crippen molar-refractivity contribution in [3.63, 3.8) is 0 Å². The number of allylic oxidation sites excluding steroid dienone is 6. The molecule has 10 rings (SSSR count). The summed E-state index contributed by atoms with van der Waals surface area (Å²) >= 11 is 0. The Morgan fingerprint density at radius 1 is 0.353 bits per heavy atom. The van der Waals surface area contributed by atoms with E-state index in [0.29, 0.717) is 0 Å². The van der Waals surface area contributed by atoms with E-state index >= 15 is 0 Å². The van der Waals surface area contributed by atoms with Crippen molar-refractivity contribution in [1.82, 2.24) is 9.13 Å². The Bertz CT molecular complexity index is 2860. The first kappa shape index (κ1) is 29.3. The van der Waals surface area contributed by atoms with Crippen LogP contribution in [0.5, 0.6) is 0 Å². The molecule has 7 aromatic carbocycles. The summed E-state index contributed by atoms with van der Waals surface area (Å²) in [5.74, 6) is 0. The monoisotopic (exact) mass is 650 g/mol. The molecular weight excluding hydrogens is 617 g/mol. The number of fused-ring (bicyclic) bond motifs is 6. The molecule has 0 radical (unpaired) electrons. The third kappa shape index (κ3) is 4.95. The lowest BCUT2D eigenvalue weighted by Crippen LogP contribution is -1.94. The average Bonchev–Trinajstić information content (AvgIpc) is 3.55. The molecule has 9 aromatic rings. The molecule has 1 aliphatic carbocycles. The van der Waals surface area contributed by atoms with E-state index in [1.54, 1.807) is 0 Å². The van der Waals surface area contributed by atoms with Crippen molar-refractivity contribution < 1.29 is 0 Å². The molecule has 240 valence electrons. The Labute approximate surface area is 297 Å². The largest absolute Gasteiger partial charge is 0.309 e. The minimum atomic E-state index is 0.960. The van der Waals surface area contributed by atoms with Crippen LogP contribution in [0.15, 0.2) is 194 Å². The van der Waals surface area contributed by atoms with E-state index in [2.05, 4.69) is 203 Å². The van der Waals surface area contributed by atoms with Crippen molar-refractivity contribution in [1.29, 1.82) is 0 Å². The number of nitrogens with zero attached hydrogens (tertiary/aromatic N) is 2.